The molecular formula is C21H19Cl2NO3. The highest BCUT2D eigenvalue weighted by Crippen LogP contribution is 2.43. The lowest BCUT2D eigenvalue weighted by atomic mass is 10.0. The van der Waals surface area contributed by atoms with Crippen molar-refractivity contribution in [2.24, 2.45) is 0 Å². The van der Waals surface area contributed by atoms with Crippen LogP contribution in [0.3, 0.4) is 0 Å². The Hall–Kier alpha value is -2.30. The molecule has 4 nitrogen and oxygen atoms in total. The molecule has 0 radical (unpaired) electrons. The maximum atomic E-state index is 13.2. The standard InChI is InChI=1S/C21H19Cl2NO3/c1-4-5-20(14-6-9-18(22)19(23)10-14)24-12(2)16-8-7-15(27-13(3)25)11-17(16)21(24)26/h4,6-12,20H,1,5H2,2-3H3. The molecule has 2 aromatic carbocycles. The topological polar surface area (TPSA) is 46.6 Å². The summed E-state index contributed by atoms with van der Waals surface area (Å²) in [6, 6.07) is 10.2. The molecule has 0 saturated heterocycles. The zero-order valence-electron chi connectivity index (χ0n) is 15.0. The number of rotatable bonds is 5. The molecule has 0 saturated carbocycles. The molecule has 1 aliphatic heterocycles. The van der Waals surface area contributed by atoms with Gasteiger partial charge in [0.05, 0.1) is 22.1 Å². The van der Waals surface area contributed by atoms with E-state index in [4.69, 9.17) is 27.9 Å². The smallest absolute Gasteiger partial charge is 0.308 e. The summed E-state index contributed by atoms with van der Waals surface area (Å²) in [6.07, 6.45) is 2.35. The number of amides is 1. The Labute approximate surface area is 168 Å². The third-order valence-electron chi connectivity index (χ3n) is 4.67. The lowest BCUT2D eigenvalue weighted by Crippen LogP contribution is -2.31. The zero-order valence-corrected chi connectivity index (χ0v) is 16.6. The van der Waals surface area contributed by atoms with E-state index < -0.39 is 5.97 Å². The van der Waals surface area contributed by atoms with Gasteiger partial charge in [0.2, 0.25) is 0 Å². The van der Waals surface area contributed by atoms with Crippen molar-refractivity contribution in [2.75, 3.05) is 0 Å². The summed E-state index contributed by atoms with van der Waals surface area (Å²) < 4.78 is 5.12. The van der Waals surface area contributed by atoms with Crippen LogP contribution in [0.25, 0.3) is 0 Å². The number of halogens is 2. The summed E-state index contributed by atoms with van der Waals surface area (Å²) in [4.78, 5) is 26.2. The van der Waals surface area contributed by atoms with Crippen LogP contribution < -0.4 is 4.74 Å². The second-order valence-electron chi connectivity index (χ2n) is 6.44. The first kappa shape index (κ1) is 19.5. The Bertz CT molecular complexity index is 926. The Kier molecular flexibility index (Phi) is 5.59. The molecule has 2 aromatic rings. The molecular weight excluding hydrogens is 385 g/mol. The van der Waals surface area contributed by atoms with Crippen LogP contribution in [0.2, 0.25) is 10.0 Å². The molecule has 6 heteroatoms. The van der Waals surface area contributed by atoms with Gasteiger partial charge in [-0.3, -0.25) is 9.59 Å². The molecule has 3 rings (SSSR count). The van der Waals surface area contributed by atoms with Crippen LogP contribution in [-0.2, 0) is 4.79 Å². The maximum absolute atomic E-state index is 13.2. The van der Waals surface area contributed by atoms with Crippen molar-refractivity contribution in [2.45, 2.75) is 32.4 Å². The quantitative estimate of drug-likeness (QED) is 0.362. The molecule has 2 unspecified atom stereocenters. The Balaban J connectivity index is 2.00. The van der Waals surface area contributed by atoms with Gasteiger partial charge in [-0.2, -0.15) is 0 Å². The number of benzene rings is 2. The first-order chi connectivity index (χ1) is 12.8. The minimum absolute atomic E-state index is 0.121. The molecule has 1 amide bonds. The Morgan fingerprint density at radius 3 is 2.63 bits per heavy atom. The molecule has 0 fully saturated rings. The second-order valence-corrected chi connectivity index (χ2v) is 7.26. The molecule has 0 N–H and O–H groups in total. The predicted octanol–water partition coefficient (Wildman–Crippen LogP) is 5.75. The fourth-order valence-electron chi connectivity index (χ4n) is 3.48. The summed E-state index contributed by atoms with van der Waals surface area (Å²) in [7, 11) is 0. The first-order valence-electron chi connectivity index (χ1n) is 8.54. The zero-order chi connectivity index (χ0) is 19.7. The van der Waals surface area contributed by atoms with E-state index in [1.807, 2.05) is 24.0 Å². The van der Waals surface area contributed by atoms with Crippen LogP contribution in [0.5, 0.6) is 5.75 Å². The van der Waals surface area contributed by atoms with E-state index in [1.165, 1.54) is 6.92 Å². The minimum atomic E-state index is -0.425. The van der Waals surface area contributed by atoms with Crippen molar-refractivity contribution in [3.63, 3.8) is 0 Å². The van der Waals surface area contributed by atoms with Gasteiger partial charge in [0, 0.05) is 12.5 Å². The van der Waals surface area contributed by atoms with Crippen molar-refractivity contribution in [1.29, 1.82) is 0 Å². The van der Waals surface area contributed by atoms with Gasteiger partial charge in [-0.25, -0.2) is 0 Å². The van der Waals surface area contributed by atoms with Gasteiger partial charge in [0.1, 0.15) is 5.75 Å². The average Bonchev–Trinajstić information content (AvgIpc) is 2.86. The number of hydrogen-bond donors (Lipinski definition) is 0. The number of esters is 1. The lowest BCUT2D eigenvalue weighted by Gasteiger charge is -2.32. The summed E-state index contributed by atoms with van der Waals surface area (Å²) in [5.74, 6) is -0.187. The minimum Gasteiger partial charge on any atom is -0.427 e. The Morgan fingerprint density at radius 1 is 1.26 bits per heavy atom. The molecule has 140 valence electrons. The maximum Gasteiger partial charge on any atom is 0.308 e. The van der Waals surface area contributed by atoms with E-state index in [1.54, 1.807) is 30.3 Å². The molecule has 0 aromatic heterocycles. The van der Waals surface area contributed by atoms with Crippen LogP contribution in [0.1, 0.15) is 53.8 Å². The van der Waals surface area contributed by atoms with E-state index in [9.17, 15) is 9.59 Å². The van der Waals surface area contributed by atoms with Crippen LogP contribution >= 0.6 is 23.2 Å². The van der Waals surface area contributed by atoms with Gasteiger partial charge < -0.3 is 9.64 Å². The van der Waals surface area contributed by atoms with Gasteiger partial charge in [-0.15, -0.1) is 6.58 Å². The van der Waals surface area contributed by atoms with Gasteiger partial charge in [0.15, 0.2) is 0 Å². The summed E-state index contributed by atoms with van der Waals surface area (Å²) in [6.45, 7) is 7.13. The van der Waals surface area contributed by atoms with Crippen molar-refractivity contribution >= 4 is 35.1 Å². The Morgan fingerprint density at radius 2 is 2.00 bits per heavy atom. The van der Waals surface area contributed by atoms with Gasteiger partial charge in [-0.05, 0) is 48.7 Å². The molecule has 1 heterocycles. The highest BCUT2D eigenvalue weighted by molar-refractivity contribution is 6.42. The number of hydrogen-bond acceptors (Lipinski definition) is 3. The molecule has 0 bridgehead atoms. The molecule has 2 atom stereocenters. The van der Waals surface area contributed by atoms with Crippen molar-refractivity contribution in [3.8, 4) is 5.75 Å². The SMILES string of the molecule is C=CCC(c1ccc(Cl)c(Cl)c1)N1C(=O)c2cc(OC(C)=O)ccc2C1C. The van der Waals surface area contributed by atoms with E-state index in [2.05, 4.69) is 6.58 Å². The van der Waals surface area contributed by atoms with Crippen molar-refractivity contribution in [1.82, 2.24) is 4.90 Å². The number of carbonyl (C=O) groups excluding carboxylic acids is 2. The monoisotopic (exact) mass is 403 g/mol. The van der Waals surface area contributed by atoms with Crippen LogP contribution in [0.15, 0.2) is 49.1 Å². The molecule has 27 heavy (non-hydrogen) atoms. The number of carbonyl (C=O) groups is 2. The van der Waals surface area contributed by atoms with E-state index in [0.717, 1.165) is 11.1 Å². The predicted molar refractivity (Wildman–Crippen MR) is 106 cm³/mol. The largest absolute Gasteiger partial charge is 0.427 e. The highest BCUT2D eigenvalue weighted by atomic mass is 35.5. The van der Waals surface area contributed by atoms with Gasteiger partial charge in [0.25, 0.3) is 5.91 Å². The molecule has 0 aliphatic carbocycles. The van der Waals surface area contributed by atoms with Gasteiger partial charge >= 0.3 is 5.97 Å². The van der Waals surface area contributed by atoms with Crippen molar-refractivity contribution in [3.05, 3.63) is 75.8 Å². The normalized spacial score (nSPS) is 16.8. The number of fused-ring (bicyclic) bond motifs is 1. The number of nitrogens with zero attached hydrogens (tertiary/aromatic N) is 1. The fraction of sp³-hybridized carbons (Fsp3) is 0.238. The van der Waals surface area contributed by atoms with E-state index in [-0.39, 0.29) is 18.0 Å². The van der Waals surface area contributed by atoms with Crippen LogP contribution in [-0.4, -0.2) is 16.8 Å². The fourth-order valence-corrected chi connectivity index (χ4v) is 3.78. The van der Waals surface area contributed by atoms with E-state index >= 15 is 0 Å². The number of ether oxygens (including phenoxy) is 1. The van der Waals surface area contributed by atoms with E-state index in [0.29, 0.717) is 27.8 Å². The lowest BCUT2D eigenvalue weighted by molar-refractivity contribution is -0.131. The molecule has 0 spiro atoms. The summed E-state index contributed by atoms with van der Waals surface area (Å²) in [5.41, 5.74) is 2.32. The summed E-state index contributed by atoms with van der Waals surface area (Å²) >= 11 is 12.2. The second kappa shape index (κ2) is 7.75. The summed E-state index contributed by atoms with van der Waals surface area (Å²) in [5, 5.41) is 0.907. The third kappa shape index (κ3) is 3.73. The highest BCUT2D eigenvalue weighted by Gasteiger charge is 2.38. The average molecular weight is 404 g/mol. The molecule has 1 aliphatic rings. The van der Waals surface area contributed by atoms with Crippen LogP contribution in [0.4, 0.5) is 0 Å². The first-order valence-corrected chi connectivity index (χ1v) is 9.30. The van der Waals surface area contributed by atoms with Crippen LogP contribution in [0, 0.1) is 0 Å². The third-order valence-corrected chi connectivity index (χ3v) is 5.41. The van der Waals surface area contributed by atoms with Gasteiger partial charge in [-0.1, -0.05) is 41.4 Å². The van der Waals surface area contributed by atoms with Crippen molar-refractivity contribution < 1.29 is 14.3 Å².